The number of benzene rings is 1. The number of nitrogens with zero attached hydrogens (tertiary/aromatic N) is 1. The van der Waals surface area contributed by atoms with Crippen LogP contribution in [0.15, 0.2) is 24.3 Å². The van der Waals surface area contributed by atoms with E-state index < -0.39 is 17.4 Å². The Kier molecular flexibility index (Phi) is 7.13. The Labute approximate surface area is 172 Å². The molecule has 1 aromatic rings. The molecule has 1 aromatic carbocycles. The molecular formula is C21H33N3O5. The van der Waals surface area contributed by atoms with Gasteiger partial charge in [-0.05, 0) is 59.2 Å². The van der Waals surface area contributed by atoms with Gasteiger partial charge >= 0.3 is 12.1 Å². The van der Waals surface area contributed by atoms with Gasteiger partial charge in [-0.1, -0.05) is 12.1 Å². The molecule has 0 aliphatic carbocycles. The highest BCUT2D eigenvalue weighted by atomic mass is 16.6. The number of ether oxygens (including phenoxy) is 3. The fourth-order valence-corrected chi connectivity index (χ4v) is 3.40. The number of amides is 3. The van der Waals surface area contributed by atoms with E-state index in [1.54, 1.807) is 18.1 Å². The molecule has 162 valence electrons. The minimum atomic E-state index is -0.834. The lowest BCUT2D eigenvalue weighted by Crippen LogP contribution is -2.53. The molecule has 2 N–H and O–H groups in total. The van der Waals surface area contributed by atoms with Gasteiger partial charge in [-0.15, -0.1) is 0 Å². The number of anilines is 1. The van der Waals surface area contributed by atoms with Crippen LogP contribution < -0.4 is 10.6 Å². The molecule has 8 heteroatoms. The second kappa shape index (κ2) is 9.00. The molecule has 8 nitrogen and oxygen atoms in total. The molecule has 1 aliphatic heterocycles. The summed E-state index contributed by atoms with van der Waals surface area (Å²) in [7, 11) is 1.62. The second-order valence-electron chi connectivity index (χ2n) is 8.66. The SMILES string of the molecule is COCc1cccc(NC(=O)NC[C@@H]2[C@H](C)OC(C)(C)N2C(=O)OC(C)(C)C)c1. The van der Waals surface area contributed by atoms with Crippen LogP contribution in [0.3, 0.4) is 0 Å². The summed E-state index contributed by atoms with van der Waals surface area (Å²) in [6, 6.07) is 6.71. The van der Waals surface area contributed by atoms with Gasteiger partial charge in [0.05, 0.1) is 18.8 Å². The number of nitrogens with one attached hydrogen (secondary N) is 2. The summed E-state index contributed by atoms with van der Waals surface area (Å²) >= 11 is 0. The number of urea groups is 1. The third-order valence-corrected chi connectivity index (χ3v) is 4.49. The summed E-state index contributed by atoms with van der Waals surface area (Å²) in [5, 5.41) is 5.63. The van der Waals surface area contributed by atoms with Crippen molar-refractivity contribution in [3.8, 4) is 0 Å². The lowest BCUT2D eigenvalue weighted by molar-refractivity contribution is -0.0756. The summed E-state index contributed by atoms with van der Waals surface area (Å²) in [5.74, 6) is 0. The molecule has 1 fully saturated rings. The van der Waals surface area contributed by atoms with E-state index in [2.05, 4.69) is 10.6 Å². The highest BCUT2D eigenvalue weighted by molar-refractivity contribution is 5.89. The predicted molar refractivity (Wildman–Crippen MR) is 111 cm³/mol. The van der Waals surface area contributed by atoms with E-state index in [0.717, 1.165) is 5.56 Å². The van der Waals surface area contributed by atoms with E-state index in [4.69, 9.17) is 14.2 Å². The smallest absolute Gasteiger partial charge is 0.412 e. The van der Waals surface area contributed by atoms with E-state index >= 15 is 0 Å². The first-order valence-electron chi connectivity index (χ1n) is 9.76. The molecule has 0 radical (unpaired) electrons. The second-order valence-corrected chi connectivity index (χ2v) is 8.66. The van der Waals surface area contributed by atoms with Gasteiger partial charge in [0, 0.05) is 19.3 Å². The fraction of sp³-hybridized carbons (Fsp3) is 0.619. The number of carbonyl (C=O) groups is 2. The molecule has 1 saturated heterocycles. The first kappa shape index (κ1) is 23.0. The molecule has 2 atom stereocenters. The maximum atomic E-state index is 12.8. The normalized spacial score (nSPS) is 21.0. The van der Waals surface area contributed by atoms with Crippen LogP contribution in [0, 0.1) is 0 Å². The van der Waals surface area contributed by atoms with Gasteiger partial charge in [0.1, 0.15) is 11.3 Å². The van der Waals surface area contributed by atoms with Crippen molar-refractivity contribution in [3.63, 3.8) is 0 Å². The van der Waals surface area contributed by atoms with E-state index in [1.807, 2.05) is 59.7 Å². The Bertz CT molecular complexity index is 729. The number of hydrogen-bond donors (Lipinski definition) is 2. The summed E-state index contributed by atoms with van der Waals surface area (Å²) in [6.45, 7) is 11.7. The monoisotopic (exact) mass is 407 g/mol. The maximum absolute atomic E-state index is 12.8. The third-order valence-electron chi connectivity index (χ3n) is 4.49. The summed E-state index contributed by atoms with van der Waals surface area (Å²) in [6.07, 6.45) is -0.728. The number of methoxy groups -OCH3 is 1. The highest BCUT2D eigenvalue weighted by Crippen LogP contribution is 2.33. The largest absolute Gasteiger partial charge is 0.444 e. The average molecular weight is 408 g/mol. The molecule has 0 saturated carbocycles. The zero-order valence-electron chi connectivity index (χ0n) is 18.4. The zero-order chi connectivity index (χ0) is 21.8. The van der Waals surface area contributed by atoms with Crippen molar-refractivity contribution >= 4 is 17.8 Å². The lowest BCUT2D eigenvalue weighted by Gasteiger charge is -2.35. The van der Waals surface area contributed by atoms with Gasteiger partial charge in [-0.25, -0.2) is 9.59 Å². The van der Waals surface area contributed by atoms with Crippen LogP contribution in [0.25, 0.3) is 0 Å². The molecule has 0 spiro atoms. The quantitative estimate of drug-likeness (QED) is 0.777. The van der Waals surface area contributed by atoms with Crippen molar-refractivity contribution in [2.75, 3.05) is 19.0 Å². The molecule has 29 heavy (non-hydrogen) atoms. The van der Waals surface area contributed by atoms with Crippen LogP contribution in [-0.4, -0.2) is 54.2 Å². The molecule has 3 amide bonds. The molecule has 0 unspecified atom stereocenters. The van der Waals surface area contributed by atoms with Gasteiger partial charge in [-0.2, -0.15) is 0 Å². The molecule has 0 bridgehead atoms. The standard InChI is InChI=1S/C21H33N3O5/c1-14-17(24(21(5,6)28-14)19(26)29-20(2,3)4)12-22-18(25)23-16-10-8-9-15(11-16)13-27-7/h8-11,14,17H,12-13H2,1-7H3,(H2,22,23,25)/t14-,17+/m0/s1. The van der Waals surface area contributed by atoms with Crippen molar-refractivity contribution < 1.29 is 23.8 Å². The topological polar surface area (TPSA) is 89.1 Å². The van der Waals surface area contributed by atoms with Gasteiger partial charge in [0.15, 0.2) is 0 Å². The number of carbonyl (C=O) groups excluding carboxylic acids is 2. The first-order chi connectivity index (χ1) is 13.4. The average Bonchev–Trinajstić information content (AvgIpc) is 2.80. The summed E-state index contributed by atoms with van der Waals surface area (Å²) < 4.78 is 16.6. The Morgan fingerprint density at radius 2 is 1.97 bits per heavy atom. The molecule has 1 heterocycles. The van der Waals surface area contributed by atoms with Crippen LogP contribution in [0.2, 0.25) is 0 Å². The Hall–Kier alpha value is -2.32. The van der Waals surface area contributed by atoms with Gasteiger partial charge < -0.3 is 24.8 Å². The Morgan fingerprint density at radius 3 is 2.59 bits per heavy atom. The Morgan fingerprint density at radius 1 is 1.28 bits per heavy atom. The summed E-state index contributed by atoms with van der Waals surface area (Å²) in [4.78, 5) is 26.7. The van der Waals surface area contributed by atoms with E-state index in [1.165, 1.54) is 0 Å². The third kappa shape index (κ3) is 6.33. The highest BCUT2D eigenvalue weighted by Gasteiger charge is 2.49. The van der Waals surface area contributed by atoms with Crippen molar-refractivity contribution in [3.05, 3.63) is 29.8 Å². The van der Waals surface area contributed by atoms with Crippen molar-refractivity contribution in [2.45, 2.75) is 71.6 Å². The lowest BCUT2D eigenvalue weighted by atomic mass is 10.1. The Balaban J connectivity index is 2.02. The molecule has 0 aromatic heterocycles. The predicted octanol–water partition coefficient (Wildman–Crippen LogP) is 3.72. The van der Waals surface area contributed by atoms with E-state index in [0.29, 0.717) is 12.3 Å². The van der Waals surface area contributed by atoms with Crippen molar-refractivity contribution in [2.24, 2.45) is 0 Å². The van der Waals surface area contributed by atoms with Gasteiger partial charge in [0.25, 0.3) is 0 Å². The van der Waals surface area contributed by atoms with Crippen molar-refractivity contribution in [1.82, 2.24) is 10.2 Å². The van der Waals surface area contributed by atoms with E-state index in [-0.39, 0.29) is 24.7 Å². The first-order valence-corrected chi connectivity index (χ1v) is 9.76. The number of rotatable bonds is 5. The van der Waals surface area contributed by atoms with Crippen LogP contribution >= 0.6 is 0 Å². The van der Waals surface area contributed by atoms with Crippen LogP contribution in [-0.2, 0) is 20.8 Å². The zero-order valence-corrected chi connectivity index (χ0v) is 18.4. The van der Waals surface area contributed by atoms with Gasteiger partial charge in [0.2, 0.25) is 0 Å². The van der Waals surface area contributed by atoms with Crippen LogP contribution in [0.1, 0.15) is 47.1 Å². The van der Waals surface area contributed by atoms with E-state index in [9.17, 15) is 9.59 Å². The molecule has 2 rings (SSSR count). The summed E-state index contributed by atoms with van der Waals surface area (Å²) in [5.41, 5.74) is 0.165. The minimum absolute atomic E-state index is 0.230. The molecular weight excluding hydrogens is 374 g/mol. The van der Waals surface area contributed by atoms with Crippen molar-refractivity contribution in [1.29, 1.82) is 0 Å². The maximum Gasteiger partial charge on any atom is 0.412 e. The molecule has 1 aliphatic rings. The number of hydrogen-bond acceptors (Lipinski definition) is 5. The van der Waals surface area contributed by atoms with Crippen LogP contribution in [0.4, 0.5) is 15.3 Å². The van der Waals surface area contributed by atoms with Crippen LogP contribution in [0.5, 0.6) is 0 Å². The fourth-order valence-electron chi connectivity index (χ4n) is 3.40. The van der Waals surface area contributed by atoms with Gasteiger partial charge in [-0.3, -0.25) is 4.90 Å². The minimum Gasteiger partial charge on any atom is -0.444 e.